The fraction of sp³-hybridized carbons (Fsp3) is 0.538. The van der Waals surface area contributed by atoms with E-state index in [1.165, 1.54) is 56.3 Å². The van der Waals surface area contributed by atoms with E-state index in [9.17, 15) is 8.42 Å². The standard InChI is InChI=1S/C26H33NO3S/c1-31(28,29)19-21-5-7-22(8-6-21)23-9-10-25-24(17-23)11-12-26(30-25)13-15-27(16-14-26)18-20-3-2-4-20/h5-10,17,20H,2-4,11-16,18-19H2,1H3. The van der Waals surface area contributed by atoms with E-state index in [4.69, 9.17) is 4.74 Å². The molecule has 31 heavy (non-hydrogen) atoms. The molecular formula is C26H33NO3S. The van der Waals surface area contributed by atoms with Crippen LogP contribution in [0.2, 0.25) is 0 Å². The van der Waals surface area contributed by atoms with Crippen molar-refractivity contribution >= 4 is 9.84 Å². The first-order valence-corrected chi connectivity index (χ1v) is 13.7. The molecule has 1 saturated heterocycles. The Morgan fingerprint density at radius 1 is 1.00 bits per heavy atom. The van der Waals surface area contributed by atoms with Crippen LogP contribution in [0.15, 0.2) is 42.5 Å². The molecule has 1 saturated carbocycles. The average Bonchev–Trinajstić information content (AvgIpc) is 2.71. The molecule has 0 unspecified atom stereocenters. The summed E-state index contributed by atoms with van der Waals surface area (Å²) in [7, 11) is -3.01. The lowest BCUT2D eigenvalue weighted by atomic mass is 9.81. The molecule has 3 aliphatic rings. The van der Waals surface area contributed by atoms with Gasteiger partial charge in [-0.15, -0.1) is 0 Å². The summed E-state index contributed by atoms with van der Waals surface area (Å²) in [6.07, 6.45) is 10.0. The normalized spacial score (nSPS) is 21.3. The lowest BCUT2D eigenvalue weighted by molar-refractivity contribution is -0.0201. The maximum Gasteiger partial charge on any atom is 0.151 e. The topological polar surface area (TPSA) is 46.6 Å². The van der Waals surface area contributed by atoms with Crippen LogP contribution in [0.5, 0.6) is 5.75 Å². The molecule has 0 atom stereocenters. The second-order valence-electron chi connectivity index (χ2n) is 9.97. The van der Waals surface area contributed by atoms with Crippen molar-refractivity contribution in [3.63, 3.8) is 0 Å². The number of benzene rings is 2. The zero-order chi connectivity index (χ0) is 21.5. The van der Waals surface area contributed by atoms with Crippen LogP contribution >= 0.6 is 0 Å². The zero-order valence-electron chi connectivity index (χ0n) is 18.5. The zero-order valence-corrected chi connectivity index (χ0v) is 19.3. The van der Waals surface area contributed by atoms with Crippen LogP contribution in [0.3, 0.4) is 0 Å². The molecule has 5 rings (SSSR count). The van der Waals surface area contributed by atoms with E-state index in [0.717, 1.165) is 48.5 Å². The van der Waals surface area contributed by atoms with Gasteiger partial charge >= 0.3 is 0 Å². The van der Waals surface area contributed by atoms with Crippen LogP contribution < -0.4 is 4.74 Å². The molecule has 1 aliphatic carbocycles. The van der Waals surface area contributed by atoms with Gasteiger partial charge in [0.25, 0.3) is 0 Å². The first-order chi connectivity index (χ1) is 14.9. The number of likely N-dealkylation sites (tertiary alicyclic amines) is 1. The van der Waals surface area contributed by atoms with Crippen LogP contribution in [0, 0.1) is 5.92 Å². The highest BCUT2D eigenvalue weighted by atomic mass is 32.2. The Morgan fingerprint density at radius 2 is 1.71 bits per heavy atom. The van der Waals surface area contributed by atoms with E-state index in [-0.39, 0.29) is 11.4 Å². The number of aryl methyl sites for hydroxylation is 1. The summed E-state index contributed by atoms with van der Waals surface area (Å²) in [5, 5.41) is 0. The largest absolute Gasteiger partial charge is 0.487 e. The van der Waals surface area contributed by atoms with Gasteiger partial charge in [-0.1, -0.05) is 36.8 Å². The third-order valence-electron chi connectivity index (χ3n) is 7.46. The number of hydrogen-bond acceptors (Lipinski definition) is 4. The van der Waals surface area contributed by atoms with Crippen LogP contribution in [0.25, 0.3) is 11.1 Å². The first kappa shape index (κ1) is 21.0. The Bertz CT molecular complexity index is 1030. The van der Waals surface area contributed by atoms with Crippen molar-refractivity contribution in [3.05, 3.63) is 53.6 Å². The molecule has 0 radical (unpaired) electrons. The average molecular weight is 440 g/mol. The van der Waals surface area contributed by atoms with Gasteiger partial charge in [0.15, 0.2) is 9.84 Å². The van der Waals surface area contributed by atoms with E-state index in [2.05, 4.69) is 23.1 Å². The third kappa shape index (κ3) is 4.83. The number of nitrogens with zero attached hydrogens (tertiary/aromatic N) is 1. The summed E-state index contributed by atoms with van der Waals surface area (Å²) in [6.45, 7) is 3.63. The van der Waals surface area contributed by atoms with Crippen molar-refractivity contribution in [2.24, 2.45) is 5.92 Å². The summed E-state index contributed by atoms with van der Waals surface area (Å²) in [5.74, 6) is 2.09. The molecule has 2 heterocycles. The van der Waals surface area contributed by atoms with Crippen LogP contribution in [0.4, 0.5) is 0 Å². The van der Waals surface area contributed by atoms with Crippen molar-refractivity contribution in [2.45, 2.75) is 56.3 Å². The van der Waals surface area contributed by atoms with Crippen LogP contribution in [-0.2, 0) is 22.0 Å². The molecule has 2 fully saturated rings. The molecule has 1 spiro atoms. The van der Waals surface area contributed by atoms with Crippen LogP contribution in [-0.4, -0.2) is 44.8 Å². The molecule has 2 aliphatic heterocycles. The van der Waals surface area contributed by atoms with Gasteiger partial charge in [0.1, 0.15) is 11.4 Å². The number of piperidine rings is 1. The fourth-order valence-corrected chi connectivity index (χ4v) is 6.13. The van der Waals surface area contributed by atoms with Crippen molar-refractivity contribution in [1.82, 2.24) is 4.90 Å². The summed E-state index contributed by atoms with van der Waals surface area (Å²) in [4.78, 5) is 2.66. The van der Waals surface area contributed by atoms with Crippen molar-refractivity contribution in [3.8, 4) is 16.9 Å². The summed E-state index contributed by atoms with van der Waals surface area (Å²) >= 11 is 0. The Hall–Kier alpha value is -1.85. The number of rotatable bonds is 5. The quantitative estimate of drug-likeness (QED) is 0.668. The van der Waals surface area contributed by atoms with Gasteiger partial charge in [-0.3, -0.25) is 0 Å². The molecular weight excluding hydrogens is 406 g/mol. The highest BCUT2D eigenvalue weighted by molar-refractivity contribution is 7.89. The van der Waals surface area contributed by atoms with Crippen molar-refractivity contribution in [2.75, 3.05) is 25.9 Å². The predicted molar refractivity (Wildman–Crippen MR) is 125 cm³/mol. The SMILES string of the molecule is CS(=O)(=O)Cc1ccc(-c2ccc3c(c2)CCC2(CCN(CC4CCC4)CC2)O3)cc1. The fourth-order valence-electron chi connectivity index (χ4n) is 5.33. The van der Waals surface area contributed by atoms with E-state index in [0.29, 0.717) is 0 Å². The van der Waals surface area contributed by atoms with Gasteiger partial charge in [0.2, 0.25) is 0 Å². The lowest BCUT2D eigenvalue weighted by Gasteiger charge is -2.46. The highest BCUT2D eigenvalue weighted by Gasteiger charge is 2.40. The second-order valence-corrected chi connectivity index (χ2v) is 12.1. The molecule has 166 valence electrons. The third-order valence-corrected chi connectivity index (χ3v) is 8.32. The van der Waals surface area contributed by atoms with Gasteiger partial charge in [-0.2, -0.15) is 0 Å². The maximum absolute atomic E-state index is 11.5. The molecule has 5 heteroatoms. The molecule has 0 amide bonds. The Kier molecular flexibility index (Phi) is 5.59. The Labute approximate surface area is 186 Å². The van der Waals surface area contributed by atoms with Crippen molar-refractivity contribution in [1.29, 1.82) is 0 Å². The second kappa shape index (κ2) is 8.25. The molecule has 4 nitrogen and oxygen atoms in total. The van der Waals surface area contributed by atoms with Gasteiger partial charge in [0, 0.05) is 25.9 Å². The highest BCUT2D eigenvalue weighted by Crippen LogP contribution is 2.41. The van der Waals surface area contributed by atoms with Gasteiger partial charge < -0.3 is 9.64 Å². The molecule has 0 aromatic heterocycles. The monoisotopic (exact) mass is 439 g/mol. The number of ether oxygens (including phenoxy) is 1. The van der Waals surface area contributed by atoms with E-state index >= 15 is 0 Å². The van der Waals surface area contributed by atoms with Crippen molar-refractivity contribution < 1.29 is 13.2 Å². The van der Waals surface area contributed by atoms with Gasteiger partial charge in [-0.05, 0) is 78.8 Å². The number of fused-ring (bicyclic) bond motifs is 1. The Balaban J connectivity index is 1.24. The van der Waals surface area contributed by atoms with E-state index in [1.807, 2.05) is 24.3 Å². The van der Waals surface area contributed by atoms with E-state index < -0.39 is 9.84 Å². The molecule has 0 bridgehead atoms. The molecule has 2 aromatic carbocycles. The maximum atomic E-state index is 11.5. The summed E-state index contributed by atoms with van der Waals surface area (Å²) in [6, 6.07) is 14.4. The van der Waals surface area contributed by atoms with Gasteiger partial charge in [-0.25, -0.2) is 8.42 Å². The lowest BCUT2D eigenvalue weighted by Crippen LogP contribution is -2.50. The van der Waals surface area contributed by atoms with E-state index in [1.54, 1.807) is 0 Å². The van der Waals surface area contributed by atoms with Crippen LogP contribution in [0.1, 0.15) is 49.7 Å². The van der Waals surface area contributed by atoms with Gasteiger partial charge in [0.05, 0.1) is 5.75 Å². The smallest absolute Gasteiger partial charge is 0.151 e. The minimum atomic E-state index is -3.01. The first-order valence-electron chi connectivity index (χ1n) is 11.7. The minimum Gasteiger partial charge on any atom is -0.487 e. The molecule has 2 aromatic rings. The summed E-state index contributed by atoms with van der Waals surface area (Å²) < 4.78 is 29.6. The Morgan fingerprint density at radius 3 is 2.35 bits per heavy atom. The predicted octanol–water partition coefficient (Wildman–Crippen LogP) is 4.86. The summed E-state index contributed by atoms with van der Waals surface area (Å²) in [5.41, 5.74) is 4.43. The molecule has 0 N–H and O–H groups in total. The number of sulfone groups is 1. The minimum absolute atomic E-state index is 0.0257. The number of hydrogen-bond donors (Lipinski definition) is 0.